The van der Waals surface area contributed by atoms with Crippen LogP contribution in [0.5, 0.6) is 0 Å². The van der Waals surface area contributed by atoms with Crippen LogP contribution >= 0.6 is 0 Å². The fourth-order valence-electron chi connectivity index (χ4n) is 3.08. The standard InChI is InChI=1S/C20H19N5O2S/c1-14-10-17-4-3-5-19(20(17)22-11-14)28(26,27)24-15(2)16-6-8-18(9-7-16)25-13-21-12-23-25/h3-13,15,24H,1-2H3/t15-/m0/s1. The summed E-state index contributed by atoms with van der Waals surface area (Å²) in [5, 5.41) is 4.88. The van der Waals surface area contributed by atoms with Crippen LogP contribution in [0.15, 0.2) is 72.3 Å². The molecule has 28 heavy (non-hydrogen) atoms. The van der Waals surface area contributed by atoms with Gasteiger partial charge in [0, 0.05) is 17.6 Å². The summed E-state index contributed by atoms with van der Waals surface area (Å²) in [6.45, 7) is 3.74. The van der Waals surface area contributed by atoms with Gasteiger partial charge in [0.15, 0.2) is 0 Å². The highest BCUT2D eigenvalue weighted by atomic mass is 32.2. The summed E-state index contributed by atoms with van der Waals surface area (Å²) in [6.07, 6.45) is 4.74. The number of hydrogen-bond acceptors (Lipinski definition) is 5. The number of aromatic nitrogens is 4. The highest BCUT2D eigenvalue weighted by Crippen LogP contribution is 2.24. The first-order valence-corrected chi connectivity index (χ1v) is 10.2. The van der Waals surface area contributed by atoms with Crippen molar-refractivity contribution in [3.63, 3.8) is 0 Å². The fourth-order valence-corrected chi connectivity index (χ4v) is 4.49. The Kier molecular flexibility index (Phi) is 4.66. The molecular weight excluding hydrogens is 374 g/mol. The predicted molar refractivity (Wildman–Crippen MR) is 107 cm³/mol. The molecule has 1 N–H and O–H groups in total. The van der Waals surface area contributed by atoms with Crippen LogP contribution in [0.1, 0.15) is 24.1 Å². The summed E-state index contributed by atoms with van der Waals surface area (Å²) in [6, 6.07) is 14.2. The number of sulfonamides is 1. The van der Waals surface area contributed by atoms with Gasteiger partial charge in [-0.3, -0.25) is 4.98 Å². The van der Waals surface area contributed by atoms with Gasteiger partial charge in [-0.15, -0.1) is 0 Å². The second-order valence-electron chi connectivity index (χ2n) is 6.62. The monoisotopic (exact) mass is 393 g/mol. The van der Waals surface area contributed by atoms with Crippen LogP contribution in [0, 0.1) is 6.92 Å². The highest BCUT2D eigenvalue weighted by Gasteiger charge is 2.21. The number of aryl methyl sites for hydroxylation is 1. The molecule has 8 heteroatoms. The topological polar surface area (TPSA) is 89.8 Å². The minimum Gasteiger partial charge on any atom is -0.255 e. The third-order valence-corrected chi connectivity index (χ3v) is 6.08. The molecular formula is C20H19N5O2S. The smallest absolute Gasteiger partial charge is 0.243 e. The van der Waals surface area contributed by atoms with Crippen molar-refractivity contribution in [1.82, 2.24) is 24.5 Å². The lowest BCUT2D eigenvalue weighted by Crippen LogP contribution is -2.27. The number of nitrogens with zero attached hydrogens (tertiary/aromatic N) is 4. The van der Waals surface area contributed by atoms with E-state index in [9.17, 15) is 8.42 Å². The number of fused-ring (bicyclic) bond motifs is 1. The Labute approximate surface area is 163 Å². The Hall–Kier alpha value is -3.10. The molecule has 0 fully saturated rings. The van der Waals surface area contributed by atoms with Crippen LogP contribution in [0.2, 0.25) is 0 Å². The summed E-state index contributed by atoms with van der Waals surface area (Å²) < 4.78 is 30.4. The van der Waals surface area contributed by atoms with Gasteiger partial charge in [-0.25, -0.2) is 22.8 Å². The third kappa shape index (κ3) is 3.51. The van der Waals surface area contributed by atoms with Gasteiger partial charge in [0.25, 0.3) is 0 Å². The summed E-state index contributed by atoms with van der Waals surface area (Å²) >= 11 is 0. The van der Waals surface area contributed by atoms with Gasteiger partial charge in [0.2, 0.25) is 10.0 Å². The number of para-hydroxylation sites is 1. The van der Waals surface area contributed by atoms with E-state index >= 15 is 0 Å². The van der Waals surface area contributed by atoms with Gasteiger partial charge in [-0.1, -0.05) is 24.3 Å². The van der Waals surface area contributed by atoms with E-state index in [2.05, 4.69) is 19.8 Å². The minimum absolute atomic E-state index is 0.177. The summed E-state index contributed by atoms with van der Waals surface area (Å²) in [5.41, 5.74) is 3.14. The number of nitrogens with one attached hydrogen (secondary N) is 1. The maximum atomic E-state index is 13.0. The zero-order chi connectivity index (χ0) is 19.7. The minimum atomic E-state index is -3.74. The van der Waals surface area contributed by atoms with Crippen LogP contribution in [-0.2, 0) is 10.0 Å². The van der Waals surface area contributed by atoms with Gasteiger partial charge in [0.1, 0.15) is 17.6 Å². The SMILES string of the molecule is Cc1cnc2c(S(=O)(=O)N[C@@H](C)c3ccc(-n4cncn4)cc3)cccc2c1. The van der Waals surface area contributed by atoms with E-state index in [1.165, 1.54) is 6.33 Å². The van der Waals surface area contributed by atoms with E-state index < -0.39 is 16.1 Å². The molecule has 0 saturated carbocycles. The molecule has 0 spiro atoms. The van der Waals surface area contributed by atoms with Gasteiger partial charge in [0.05, 0.1) is 11.2 Å². The molecule has 0 amide bonds. The Balaban J connectivity index is 1.61. The zero-order valence-corrected chi connectivity index (χ0v) is 16.3. The van der Waals surface area contributed by atoms with E-state index in [1.807, 2.05) is 50.2 Å². The summed E-state index contributed by atoms with van der Waals surface area (Å²) in [5.74, 6) is 0. The summed E-state index contributed by atoms with van der Waals surface area (Å²) in [7, 11) is -3.74. The van der Waals surface area contributed by atoms with Gasteiger partial charge in [-0.05, 0) is 49.2 Å². The van der Waals surface area contributed by atoms with Crippen LogP contribution in [0.25, 0.3) is 16.6 Å². The van der Waals surface area contributed by atoms with Crippen molar-refractivity contribution in [3.8, 4) is 5.69 Å². The number of benzene rings is 2. The largest absolute Gasteiger partial charge is 0.255 e. The lowest BCUT2D eigenvalue weighted by molar-refractivity contribution is 0.567. The third-order valence-electron chi connectivity index (χ3n) is 4.51. The molecule has 4 rings (SSSR count). The molecule has 0 aliphatic carbocycles. The average Bonchev–Trinajstić information content (AvgIpc) is 3.22. The second kappa shape index (κ2) is 7.14. The summed E-state index contributed by atoms with van der Waals surface area (Å²) in [4.78, 5) is 8.43. The normalized spacial score (nSPS) is 12.9. The van der Waals surface area contributed by atoms with Crippen LogP contribution in [0.3, 0.4) is 0 Å². The Morgan fingerprint density at radius 2 is 1.89 bits per heavy atom. The van der Waals surface area contributed by atoms with E-state index in [-0.39, 0.29) is 4.90 Å². The molecule has 2 heterocycles. The van der Waals surface area contributed by atoms with E-state index in [4.69, 9.17) is 0 Å². The molecule has 0 aliphatic heterocycles. The molecule has 2 aromatic carbocycles. The first-order chi connectivity index (χ1) is 13.4. The van der Waals surface area contributed by atoms with E-state index in [1.54, 1.807) is 29.3 Å². The molecule has 142 valence electrons. The molecule has 0 bridgehead atoms. The molecule has 4 aromatic rings. The van der Waals surface area contributed by atoms with E-state index in [0.29, 0.717) is 5.52 Å². The molecule has 0 unspecified atom stereocenters. The van der Waals surface area contributed by atoms with Crippen molar-refractivity contribution in [2.24, 2.45) is 0 Å². The van der Waals surface area contributed by atoms with Crippen LogP contribution < -0.4 is 4.72 Å². The Morgan fingerprint density at radius 1 is 1.11 bits per heavy atom. The lowest BCUT2D eigenvalue weighted by atomic mass is 10.1. The molecule has 7 nitrogen and oxygen atoms in total. The second-order valence-corrected chi connectivity index (χ2v) is 8.30. The van der Waals surface area contributed by atoms with Gasteiger partial charge < -0.3 is 0 Å². The highest BCUT2D eigenvalue weighted by molar-refractivity contribution is 7.89. The predicted octanol–water partition coefficient (Wildman–Crippen LogP) is 3.16. The van der Waals surface area contributed by atoms with Crippen molar-refractivity contribution in [2.45, 2.75) is 24.8 Å². The quantitative estimate of drug-likeness (QED) is 0.562. The maximum absolute atomic E-state index is 13.0. The maximum Gasteiger partial charge on any atom is 0.243 e. The Morgan fingerprint density at radius 3 is 2.61 bits per heavy atom. The Bertz CT molecular complexity index is 1220. The van der Waals surface area contributed by atoms with Crippen molar-refractivity contribution < 1.29 is 8.42 Å². The van der Waals surface area contributed by atoms with Gasteiger partial charge >= 0.3 is 0 Å². The molecule has 2 aromatic heterocycles. The number of hydrogen-bond donors (Lipinski definition) is 1. The van der Waals surface area contributed by atoms with Crippen LogP contribution in [-0.4, -0.2) is 28.2 Å². The fraction of sp³-hybridized carbons (Fsp3) is 0.150. The molecule has 0 saturated heterocycles. The van der Waals surface area contributed by atoms with Crippen molar-refractivity contribution in [2.75, 3.05) is 0 Å². The first-order valence-electron chi connectivity index (χ1n) is 8.77. The molecule has 0 radical (unpaired) electrons. The number of rotatable bonds is 5. The van der Waals surface area contributed by atoms with Gasteiger partial charge in [-0.2, -0.15) is 5.10 Å². The zero-order valence-electron chi connectivity index (χ0n) is 15.4. The van der Waals surface area contributed by atoms with Crippen molar-refractivity contribution >= 4 is 20.9 Å². The van der Waals surface area contributed by atoms with Crippen molar-refractivity contribution in [3.05, 3.63) is 78.5 Å². The van der Waals surface area contributed by atoms with Crippen LogP contribution in [0.4, 0.5) is 0 Å². The van der Waals surface area contributed by atoms with Crippen molar-refractivity contribution in [1.29, 1.82) is 0 Å². The molecule has 1 atom stereocenters. The number of pyridine rings is 1. The molecule has 0 aliphatic rings. The lowest BCUT2D eigenvalue weighted by Gasteiger charge is -2.16. The average molecular weight is 393 g/mol. The van der Waals surface area contributed by atoms with E-state index in [0.717, 1.165) is 22.2 Å². The first kappa shape index (κ1) is 18.3.